The van der Waals surface area contributed by atoms with E-state index in [1.807, 2.05) is 67.6 Å². The minimum absolute atomic E-state index is 0.143. The Morgan fingerprint density at radius 3 is 2.46 bits per heavy atom. The Morgan fingerprint density at radius 2 is 1.65 bits per heavy atom. The molecule has 0 aliphatic heterocycles. The molecule has 0 N–H and O–H groups in total. The van der Waals surface area contributed by atoms with Crippen molar-refractivity contribution < 1.29 is 4.39 Å². The normalized spacial score (nSPS) is 14.8. The predicted octanol–water partition coefficient (Wildman–Crippen LogP) is 6.78. The van der Waals surface area contributed by atoms with Crippen molar-refractivity contribution >= 4 is 28.0 Å². The van der Waals surface area contributed by atoms with Crippen LogP contribution < -0.4 is 5.56 Å². The van der Waals surface area contributed by atoms with E-state index in [1.54, 1.807) is 12.3 Å². The van der Waals surface area contributed by atoms with E-state index in [-0.39, 0.29) is 17.3 Å². The summed E-state index contributed by atoms with van der Waals surface area (Å²) in [7, 11) is 0. The van der Waals surface area contributed by atoms with Crippen molar-refractivity contribution in [2.45, 2.75) is 51.5 Å². The Balaban J connectivity index is 1.49. The van der Waals surface area contributed by atoms with Crippen LogP contribution >= 0.6 is 0 Å². The fraction of sp³-hybridized carbons (Fsp3) is 0.258. The van der Waals surface area contributed by atoms with Gasteiger partial charge in [0.1, 0.15) is 11.6 Å². The quantitative estimate of drug-likeness (QED) is 0.254. The van der Waals surface area contributed by atoms with Gasteiger partial charge in [-0.2, -0.15) is 9.78 Å². The minimum atomic E-state index is -0.221. The lowest BCUT2D eigenvalue weighted by Gasteiger charge is -2.22. The fourth-order valence-corrected chi connectivity index (χ4v) is 5.61. The molecule has 0 bridgehead atoms. The van der Waals surface area contributed by atoms with Gasteiger partial charge in [0.15, 0.2) is 0 Å². The second-order valence-corrected chi connectivity index (χ2v) is 9.88. The van der Waals surface area contributed by atoms with Crippen LogP contribution in [0.5, 0.6) is 0 Å². The average Bonchev–Trinajstić information content (AvgIpc) is 3.20. The van der Waals surface area contributed by atoms with E-state index in [2.05, 4.69) is 4.57 Å². The monoisotopic (exact) mass is 492 g/mol. The highest BCUT2D eigenvalue weighted by atomic mass is 19.1. The van der Waals surface area contributed by atoms with Crippen molar-refractivity contribution in [3.8, 4) is 0 Å². The number of halogens is 1. The van der Waals surface area contributed by atoms with Crippen molar-refractivity contribution in [3.63, 3.8) is 0 Å². The zero-order chi connectivity index (χ0) is 25.4. The molecule has 6 heteroatoms. The van der Waals surface area contributed by atoms with Gasteiger partial charge in [0.25, 0.3) is 5.56 Å². The van der Waals surface area contributed by atoms with Crippen molar-refractivity contribution in [1.82, 2.24) is 14.2 Å². The van der Waals surface area contributed by atoms with Gasteiger partial charge in [0, 0.05) is 33.6 Å². The van der Waals surface area contributed by atoms with Crippen LogP contribution in [0, 0.1) is 12.7 Å². The molecular formula is C31H29FN4O. The lowest BCUT2D eigenvalue weighted by atomic mass is 9.88. The van der Waals surface area contributed by atoms with Gasteiger partial charge in [-0.25, -0.2) is 9.37 Å². The van der Waals surface area contributed by atoms with Gasteiger partial charge in [-0.1, -0.05) is 67.8 Å². The Kier molecular flexibility index (Phi) is 6.16. The van der Waals surface area contributed by atoms with Crippen LogP contribution in [0.1, 0.15) is 60.7 Å². The maximum atomic E-state index is 14.5. The SMILES string of the molecule is Cc1c(C=Nn2c(C3CCCCC3)nc3ccccc3c2=O)c2ccccc2n1Cc1ccccc1F. The van der Waals surface area contributed by atoms with Crippen molar-refractivity contribution in [2.24, 2.45) is 5.10 Å². The number of benzene rings is 3. The molecule has 1 aliphatic carbocycles. The Hall–Kier alpha value is -4.06. The number of nitrogens with zero attached hydrogens (tertiary/aromatic N) is 4. The number of hydrogen-bond donors (Lipinski definition) is 0. The Bertz CT molecular complexity index is 1690. The smallest absolute Gasteiger partial charge is 0.282 e. The lowest BCUT2D eigenvalue weighted by Crippen LogP contribution is -2.25. The Labute approximate surface area is 214 Å². The molecule has 5 aromatic rings. The molecule has 2 heterocycles. The van der Waals surface area contributed by atoms with Gasteiger partial charge in [-0.15, -0.1) is 0 Å². The molecule has 5 nitrogen and oxygen atoms in total. The first-order valence-corrected chi connectivity index (χ1v) is 13.0. The molecule has 6 rings (SSSR count). The molecule has 0 atom stereocenters. The van der Waals surface area contributed by atoms with Gasteiger partial charge < -0.3 is 4.57 Å². The van der Waals surface area contributed by atoms with E-state index >= 15 is 0 Å². The molecule has 1 aliphatic rings. The van der Waals surface area contributed by atoms with Crippen LogP contribution in [0.25, 0.3) is 21.8 Å². The van der Waals surface area contributed by atoms with E-state index in [0.29, 0.717) is 17.5 Å². The third kappa shape index (κ3) is 4.26. The largest absolute Gasteiger partial charge is 0.340 e. The topological polar surface area (TPSA) is 52.2 Å². The summed E-state index contributed by atoms with van der Waals surface area (Å²) < 4.78 is 18.1. The predicted molar refractivity (Wildman–Crippen MR) is 147 cm³/mol. The molecule has 1 fully saturated rings. The van der Waals surface area contributed by atoms with Crippen molar-refractivity contribution in [1.29, 1.82) is 0 Å². The third-order valence-electron chi connectivity index (χ3n) is 7.62. The first-order chi connectivity index (χ1) is 18.1. The van der Waals surface area contributed by atoms with E-state index in [1.165, 1.54) is 17.2 Å². The summed E-state index contributed by atoms with van der Waals surface area (Å²) in [6, 6.07) is 22.4. The van der Waals surface area contributed by atoms with Crippen LogP contribution in [-0.4, -0.2) is 20.4 Å². The van der Waals surface area contributed by atoms with Crippen LogP contribution in [0.2, 0.25) is 0 Å². The molecule has 0 spiro atoms. The first kappa shape index (κ1) is 23.3. The highest BCUT2D eigenvalue weighted by Crippen LogP contribution is 2.32. The summed E-state index contributed by atoms with van der Waals surface area (Å²) in [5.74, 6) is 0.736. The summed E-state index contributed by atoms with van der Waals surface area (Å²) in [6.45, 7) is 2.43. The van der Waals surface area contributed by atoms with Crippen LogP contribution in [0.4, 0.5) is 4.39 Å². The number of rotatable bonds is 5. The first-order valence-electron chi connectivity index (χ1n) is 13.0. The Morgan fingerprint density at radius 1 is 0.946 bits per heavy atom. The molecule has 2 aromatic heterocycles. The summed E-state index contributed by atoms with van der Waals surface area (Å²) >= 11 is 0. The average molecular weight is 493 g/mol. The van der Waals surface area contributed by atoms with E-state index in [4.69, 9.17) is 10.1 Å². The van der Waals surface area contributed by atoms with Crippen LogP contribution in [0.3, 0.4) is 0 Å². The van der Waals surface area contributed by atoms with Gasteiger partial charge in [0.05, 0.1) is 23.7 Å². The highest BCUT2D eigenvalue weighted by Gasteiger charge is 2.22. The van der Waals surface area contributed by atoms with E-state index in [0.717, 1.165) is 59.2 Å². The molecule has 0 radical (unpaired) electrons. The lowest BCUT2D eigenvalue weighted by molar-refractivity contribution is 0.416. The molecule has 0 amide bonds. The van der Waals surface area contributed by atoms with Crippen molar-refractivity contribution in [2.75, 3.05) is 0 Å². The summed E-state index contributed by atoms with van der Waals surface area (Å²) in [5.41, 5.74) is 4.09. The van der Waals surface area contributed by atoms with Gasteiger partial charge in [-0.3, -0.25) is 4.79 Å². The van der Waals surface area contributed by atoms with Crippen LogP contribution in [-0.2, 0) is 6.54 Å². The van der Waals surface area contributed by atoms with E-state index in [9.17, 15) is 9.18 Å². The number of para-hydroxylation sites is 2. The third-order valence-corrected chi connectivity index (χ3v) is 7.62. The zero-order valence-corrected chi connectivity index (χ0v) is 20.9. The van der Waals surface area contributed by atoms with E-state index < -0.39 is 0 Å². The molecule has 37 heavy (non-hydrogen) atoms. The maximum absolute atomic E-state index is 14.5. The summed E-state index contributed by atoms with van der Waals surface area (Å²) in [5, 5.41) is 6.36. The zero-order valence-electron chi connectivity index (χ0n) is 20.9. The maximum Gasteiger partial charge on any atom is 0.282 e. The number of fused-ring (bicyclic) bond motifs is 2. The van der Waals surface area contributed by atoms with Gasteiger partial charge >= 0.3 is 0 Å². The molecule has 0 saturated heterocycles. The highest BCUT2D eigenvalue weighted by molar-refractivity contribution is 6.01. The molecule has 0 unspecified atom stereocenters. The van der Waals surface area contributed by atoms with Gasteiger partial charge in [0.2, 0.25) is 0 Å². The standard InChI is InChI=1S/C31H29FN4O/c1-21-26(24-14-7-10-18-29(24)35(21)20-23-13-5-8-16-27(23)32)19-33-36-30(22-11-3-2-4-12-22)34-28-17-9-6-15-25(28)31(36)37/h5-10,13-19,22H,2-4,11-12,20H2,1H3. The fourth-order valence-electron chi connectivity index (χ4n) is 5.61. The number of aromatic nitrogens is 3. The second-order valence-electron chi connectivity index (χ2n) is 9.88. The molecular weight excluding hydrogens is 463 g/mol. The molecule has 186 valence electrons. The minimum Gasteiger partial charge on any atom is -0.340 e. The molecule has 3 aromatic carbocycles. The number of hydrogen-bond acceptors (Lipinski definition) is 3. The molecule has 1 saturated carbocycles. The summed E-state index contributed by atoms with van der Waals surface area (Å²) in [4.78, 5) is 18.5. The summed E-state index contributed by atoms with van der Waals surface area (Å²) in [6.07, 6.45) is 7.31. The second kappa shape index (κ2) is 9.77. The van der Waals surface area contributed by atoms with Gasteiger partial charge in [-0.05, 0) is 44.0 Å². The van der Waals surface area contributed by atoms with Crippen LogP contribution in [0.15, 0.2) is 82.7 Å². The van der Waals surface area contributed by atoms with Crippen molar-refractivity contribution in [3.05, 3.63) is 112 Å².